The molecule has 1 aromatic carbocycles. The molecule has 3 fully saturated rings. The fraction of sp³-hybridized carbons (Fsp3) is 0.667. The molecule has 8 nitrogen and oxygen atoms in total. The van der Waals surface area contributed by atoms with Crippen LogP contribution in [-0.2, 0) is 27.0 Å². The minimum Gasteiger partial charge on any atom is -0.377 e. The van der Waals surface area contributed by atoms with Crippen molar-refractivity contribution in [1.82, 2.24) is 18.8 Å². The average molecular weight is 515 g/mol. The highest BCUT2D eigenvalue weighted by atomic mass is 32.2. The molecule has 1 aliphatic carbocycles. The fourth-order valence-corrected chi connectivity index (χ4v) is 8.44. The van der Waals surface area contributed by atoms with Gasteiger partial charge in [0.05, 0.1) is 17.6 Å². The van der Waals surface area contributed by atoms with E-state index >= 15 is 0 Å². The average Bonchev–Trinajstić information content (AvgIpc) is 3.55. The molecule has 196 valence electrons. The molecule has 0 bridgehead atoms. The molecule has 3 aliphatic heterocycles. The van der Waals surface area contributed by atoms with Gasteiger partial charge in [-0.2, -0.15) is 12.7 Å². The van der Waals surface area contributed by atoms with Crippen molar-refractivity contribution in [2.75, 3.05) is 26.2 Å². The van der Waals surface area contributed by atoms with Crippen LogP contribution in [0.25, 0.3) is 0 Å². The lowest BCUT2D eigenvalue weighted by atomic mass is 9.70. The van der Waals surface area contributed by atoms with Crippen molar-refractivity contribution in [1.29, 1.82) is 0 Å². The van der Waals surface area contributed by atoms with Crippen LogP contribution in [0.15, 0.2) is 36.7 Å². The molecule has 9 heteroatoms. The summed E-state index contributed by atoms with van der Waals surface area (Å²) in [6.07, 6.45) is 13.0. The van der Waals surface area contributed by atoms with Crippen LogP contribution >= 0.6 is 0 Å². The summed E-state index contributed by atoms with van der Waals surface area (Å²) < 4.78 is 45.8. The van der Waals surface area contributed by atoms with Gasteiger partial charge in [0.1, 0.15) is 5.82 Å². The summed E-state index contributed by atoms with van der Waals surface area (Å²) in [5.41, 5.74) is 1.90. The van der Waals surface area contributed by atoms with Crippen molar-refractivity contribution >= 4 is 10.3 Å². The topological polar surface area (TPSA) is 87.9 Å². The molecule has 2 aromatic rings. The van der Waals surface area contributed by atoms with Crippen LogP contribution in [0.5, 0.6) is 0 Å². The van der Waals surface area contributed by atoms with E-state index in [1.807, 2.05) is 18.5 Å². The summed E-state index contributed by atoms with van der Waals surface area (Å²) in [5.74, 6) is 1.02. The van der Waals surface area contributed by atoms with Gasteiger partial charge in [-0.3, -0.25) is 4.55 Å². The smallest absolute Gasteiger partial charge is 0.336 e. The Morgan fingerprint density at radius 3 is 2.58 bits per heavy atom. The maximum Gasteiger partial charge on any atom is 0.336 e. The molecule has 1 N–H and O–H groups in total. The van der Waals surface area contributed by atoms with E-state index < -0.39 is 16.3 Å². The van der Waals surface area contributed by atoms with Crippen LogP contribution in [-0.4, -0.2) is 70.1 Å². The molecule has 1 saturated carbocycles. The number of nitrogens with zero attached hydrogens (tertiary/aromatic N) is 4. The number of piperidine rings is 1. The summed E-state index contributed by atoms with van der Waals surface area (Å²) in [4.78, 5) is 7.40. The Hall–Kier alpha value is -1.78. The van der Waals surface area contributed by atoms with Gasteiger partial charge in [-0.05, 0) is 62.7 Å². The van der Waals surface area contributed by atoms with Gasteiger partial charge >= 0.3 is 10.3 Å². The van der Waals surface area contributed by atoms with Crippen LogP contribution in [0.1, 0.15) is 80.8 Å². The van der Waals surface area contributed by atoms with E-state index in [4.69, 9.17) is 9.72 Å². The summed E-state index contributed by atoms with van der Waals surface area (Å²) in [6.45, 7) is 4.23. The highest BCUT2D eigenvalue weighted by molar-refractivity contribution is 7.83. The summed E-state index contributed by atoms with van der Waals surface area (Å²) in [5, 5.41) is 0. The van der Waals surface area contributed by atoms with Crippen molar-refractivity contribution in [2.24, 2.45) is 0 Å². The summed E-state index contributed by atoms with van der Waals surface area (Å²) in [7, 11) is -4.40. The third-order valence-electron chi connectivity index (χ3n) is 9.05. The molecular weight excluding hydrogens is 476 g/mol. The van der Waals surface area contributed by atoms with Crippen molar-refractivity contribution in [2.45, 2.75) is 87.9 Å². The van der Waals surface area contributed by atoms with E-state index in [1.54, 1.807) is 0 Å². The second-order valence-corrected chi connectivity index (χ2v) is 12.4. The maximum atomic E-state index is 12.9. The number of hydrogen-bond donors (Lipinski definition) is 1. The normalized spacial score (nSPS) is 27.2. The Kier molecular flexibility index (Phi) is 6.71. The number of likely N-dealkylation sites (tertiary alicyclic amines) is 1. The van der Waals surface area contributed by atoms with E-state index in [9.17, 15) is 13.0 Å². The Balaban J connectivity index is 1.39. The number of fused-ring (bicyclic) bond motifs is 4. The quantitative estimate of drug-likeness (QED) is 0.609. The van der Waals surface area contributed by atoms with Crippen LogP contribution in [0, 0.1) is 0 Å². The number of ether oxygens (including phenoxy) is 1. The molecule has 1 spiro atoms. The molecule has 4 aliphatic rings. The van der Waals surface area contributed by atoms with E-state index in [2.05, 4.69) is 27.7 Å². The monoisotopic (exact) mass is 514 g/mol. The SMILES string of the molecule is O=S(=O)(O)N(C1CCCCC1)C1Cn2ccnc2C2(CCN(CC3CCCO3)CC2)c2ccccc21. The molecule has 6 rings (SSSR count). The lowest BCUT2D eigenvalue weighted by Gasteiger charge is -2.43. The molecule has 0 amide bonds. The molecule has 0 radical (unpaired) electrons. The molecule has 2 unspecified atom stereocenters. The third-order valence-corrected chi connectivity index (χ3v) is 10.1. The van der Waals surface area contributed by atoms with Gasteiger partial charge in [0.25, 0.3) is 0 Å². The Morgan fingerprint density at radius 2 is 1.86 bits per heavy atom. The first-order valence-corrected chi connectivity index (χ1v) is 15.1. The van der Waals surface area contributed by atoms with Crippen LogP contribution in [0.2, 0.25) is 0 Å². The lowest BCUT2D eigenvalue weighted by Crippen LogP contribution is -2.47. The highest BCUT2D eigenvalue weighted by Crippen LogP contribution is 2.48. The second-order valence-electron chi connectivity index (χ2n) is 11.1. The zero-order valence-corrected chi connectivity index (χ0v) is 21.8. The fourth-order valence-electron chi connectivity index (χ4n) is 7.35. The molecule has 2 atom stereocenters. The Bertz CT molecular complexity index is 1160. The zero-order chi connectivity index (χ0) is 24.8. The van der Waals surface area contributed by atoms with Crippen molar-refractivity contribution < 1.29 is 17.7 Å². The Labute approximate surface area is 214 Å². The first-order valence-electron chi connectivity index (χ1n) is 13.7. The van der Waals surface area contributed by atoms with Gasteiger partial charge in [0.2, 0.25) is 0 Å². The van der Waals surface area contributed by atoms with Crippen molar-refractivity contribution in [3.8, 4) is 0 Å². The predicted octanol–water partition coefficient (Wildman–Crippen LogP) is 3.94. The highest BCUT2D eigenvalue weighted by Gasteiger charge is 2.48. The predicted molar refractivity (Wildman–Crippen MR) is 137 cm³/mol. The molecular formula is C27H38N4O4S. The number of rotatable bonds is 5. The Morgan fingerprint density at radius 1 is 1.08 bits per heavy atom. The van der Waals surface area contributed by atoms with E-state index in [0.29, 0.717) is 12.6 Å². The first-order chi connectivity index (χ1) is 17.5. The van der Waals surface area contributed by atoms with Gasteiger partial charge < -0.3 is 14.2 Å². The van der Waals surface area contributed by atoms with Gasteiger partial charge in [-0.15, -0.1) is 0 Å². The van der Waals surface area contributed by atoms with Gasteiger partial charge in [0.15, 0.2) is 0 Å². The third kappa shape index (κ3) is 4.43. The van der Waals surface area contributed by atoms with Gasteiger partial charge in [0, 0.05) is 38.1 Å². The summed E-state index contributed by atoms with van der Waals surface area (Å²) >= 11 is 0. The largest absolute Gasteiger partial charge is 0.377 e. The first kappa shape index (κ1) is 24.6. The van der Waals surface area contributed by atoms with Crippen LogP contribution in [0.3, 0.4) is 0 Å². The van der Waals surface area contributed by atoms with Crippen molar-refractivity contribution in [3.63, 3.8) is 0 Å². The number of imidazole rings is 1. The lowest BCUT2D eigenvalue weighted by molar-refractivity contribution is 0.0580. The van der Waals surface area contributed by atoms with E-state index in [1.165, 1.54) is 9.87 Å². The van der Waals surface area contributed by atoms with Gasteiger partial charge in [-0.1, -0.05) is 43.5 Å². The summed E-state index contributed by atoms with van der Waals surface area (Å²) in [6, 6.07) is 7.67. The molecule has 1 aromatic heterocycles. The number of aromatic nitrogens is 2. The van der Waals surface area contributed by atoms with Crippen LogP contribution in [0.4, 0.5) is 0 Å². The van der Waals surface area contributed by atoms with Crippen LogP contribution < -0.4 is 0 Å². The number of hydrogen-bond acceptors (Lipinski definition) is 5. The maximum absolute atomic E-state index is 12.9. The molecule has 2 saturated heterocycles. The molecule has 4 heterocycles. The minimum atomic E-state index is -4.40. The van der Waals surface area contributed by atoms with E-state index in [0.717, 1.165) is 95.4 Å². The second kappa shape index (κ2) is 9.83. The zero-order valence-electron chi connectivity index (χ0n) is 21.0. The minimum absolute atomic E-state index is 0.180. The standard InChI is InChI=1S/C27H38N4O4S/c32-36(33,34)31(21-7-2-1-3-8-21)25-20-30-17-14-28-26(30)27(24-11-5-4-10-23(24)25)12-15-29(16-13-27)19-22-9-6-18-35-22/h4-5,10-11,14,17,21-22,25H,1-3,6-9,12-13,15-16,18-20H2,(H,32,33,34). The molecule has 36 heavy (non-hydrogen) atoms. The van der Waals surface area contributed by atoms with Gasteiger partial charge in [-0.25, -0.2) is 4.98 Å². The van der Waals surface area contributed by atoms with E-state index in [-0.39, 0.29) is 11.5 Å². The van der Waals surface area contributed by atoms with Crippen molar-refractivity contribution in [3.05, 3.63) is 53.6 Å². The number of benzene rings is 1.